The maximum atomic E-state index is 11.8. The van der Waals surface area contributed by atoms with Crippen LogP contribution in [-0.4, -0.2) is 17.3 Å². The molecule has 2 aliphatic rings. The lowest BCUT2D eigenvalue weighted by Gasteiger charge is -2.21. The SMILES string of the molecule is O=C1C(=O)C2=Cc3ccccc3SC2=C(Cl)C1=O. The van der Waals surface area contributed by atoms with Gasteiger partial charge in [-0.05, 0) is 17.7 Å². The number of carbonyl (C=O) groups excluding carboxylic acids is 3. The molecule has 3 rings (SSSR count). The van der Waals surface area contributed by atoms with Crippen LogP contribution < -0.4 is 0 Å². The van der Waals surface area contributed by atoms with Gasteiger partial charge in [-0.3, -0.25) is 14.4 Å². The van der Waals surface area contributed by atoms with E-state index in [2.05, 4.69) is 0 Å². The standard InChI is InChI=1S/C13H5ClO3S/c14-9-11(16)12(17)10(15)7-5-6-3-1-2-4-8(6)18-13(7)9/h1-5H. The van der Waals surface area contributed by atoms with Crippen molar-refractivity contribution in [1.82, 2.24) is 0 Å². The van der Waals surface area contributed by atoms with E-state index in [1.165, 1.54) is 11.8 Å². The second kappa shape index (κ2) is 3.93. The van der Waals surface area contributed by atoms with Crippen molar-refractivity contribution in [3.63, 3.8) is 0 Å². The van der Waals surface area contributed by atoms with Crippen molar-refractivity contribution >= 4 is 46.8 Å². The Kier molecular flexibility index (Phi) is 2.50. The van der Waals surface area contributed by atoms with E-state index < -0.39 is 17.3 Å². The Hall–Kier alpha value is -1.65. The minimum atomic E-state index is -1.06. The summed E-state index contributed by atoms with van der Waals surface area (Å²) in [5, 5.41) is -0.162. The van der Waals surface area contributed by atoms with Crippen molar-refractivity contribution in [3.05, 3.63) is 45.3 Å². The molecule has 0 aromatic heterocycles. The highest BCUT2D eigenvalue weighted by Gasteiger charge is 2.39. The number of hydrogen-bond donors (Lipinski definition) is 0. The number of hydrogen-bond acceptors (Lipinski definition) is 4. The van der Waals surface area contributed by atoms with Gasteiger partial charge in [0.05, 0.1) is 0 Å². The molecule has 0 radical (unpaired) electrons. The molecular weight excluding hydrogens is 272 g/mol. The van der Waals surface area contributed by atoms with Crippen molar-refractivity contribution in [2.45, 2.75) is 4.90 Å². The van der Waals surface area contributed by atoms with E-state index in [0.717, 1.165) is 10.5 Å². The third-order valence-corrected chi connectivity index (χ3v) is 4.42. The van der Waals surface area contributed by atoms with Crippen LogP contribution >= 0.6 is 23.4 Å². The van der Waals surface area contributed by atoms with Gasteiger partial charge >= 0.3 is 0 Å². The fraction of sp³-hybridized carbons (Fsp3) is 0. The predicted molar refractivity (Wildman–Crippen MR) is 68.2 cm³/mol. The van der Waals surface area contributed by atoms with Crippen LogP contribution in [0.25, 0.3) is 6.08 Å². The molecule has 1 aliphatic heterocycles. The Balaban J connectivity index is 2.28. The Bertz CT molecular complexity index is 685. The highest BCUT2D eigenvalue weighted by atomic mass is 35.5. The van der Waals surface area contributed by atoms with Crippen LogP contribution in [0.1, 0.15) is 5.56 Å². The van der Waals surface area contributed by atoms with E-state index >= 15 is 0 Å². The molecule has 3 nitrogen and oxygen atoms in total. The maximum absolute atomic E-state index is 11.8. The van der Waals surface area contributed by atoms with Gasteiger partial charge in [0.1, 0.15) is 5.03 Å². The molecule has 0 N–H and O–H groups in total. The molecule has 0 fully saturated rings. The summed E-state index contributed by atoms with van der Waals surface area (Å²) in [4.78, 5) is 36.0. The smallest absolute Gasteiger partial charge is 0.274 e. The van der Waals surface area contributed by atoms with Gasteiger partial charge in [0, 0.05) is 15.4 Å². The van der Waals surface area contributed by atoms with Crippen LogP contribution in [0.5, 0.6) is 0 Å². The maximum Gasteiger partial charge on any atom is 0.274 e. The lowest BCUT2D eigenvalue weighted by atomic mass is 9.95. The van der Waals surface area contributed by atoms with Crippen LogP contribution in [0, 0.1) is 0 Å². The summed E-state index contributed by atoms with van der Waals surface area (Å²) in [5.74, 6) is -2.75. The minimum absolute atomic E-state index is 0.162. The molecule has 1 aromatic rings. The van der Waals surface area contributed by atoms with Gasteiger partial charge in [0.25, 0.3) is 5.78 Å². The first-order chi connectivity index (χ1) is 8.59. The van der Waals surface area contributed by atoms with Gasteiger partial charge in [0.15, 0.2) is 0 Å². The molecule has 88 valence electrons. The Labute approximate surface area is 112 Å². The van der Waals surface area contributed by atoms with Gasteiger partial charge in [-0.15, -0.1) is 0 Å². The van der Waals surface area contributed by atoms with Crippen LogP contribution in [0.3, 0.4) is 0 Å². The van der Waals surface area contributed by atoms with Gasteiger partial charge in [-0.1, -0.05) is 41.6 Å². The zero-order chi connectivity index (χ0) is 12.9. The van der Waals surface area contributed by atoms with E-state index in [4.69, 9.17) is 11.6 Å². The average Bonchev–Trinajstić information content (AvgIpc) is 2.41. The van der Waals surface area contributed by atoms with Crippen molar-refractivity contribution in [1.29, 1.82) is 0 Å². The fourth-order valence-electron chi connectivity index (χ4n) is 1.84. The molecule has 0 amide bonds. The minimum Gasteiger partial charge on any atom is -0.285 e. The third-order valence-electron chi connectivity index (χ3n) is 2.73. The van der Waals surface area contributed by atoms with Crippen molar-refractivity contribution < 1.29 is 14.4 Å². The number of carbonyl (C=O) groups is 3. The number of benzene rings is 1. The van der Waals surface area contributed by atoms with Crippen LogP contribution in [0.4, 0.5) is 0 Å². The van der Waals surface area contributed by atoms with Crippen LogP contribution in [0.2, 0.25) is 0 Å². The van der Waals surface area contributed by atoms with Gasteiger partial charge in [-0.25, -0.2) is 0 Å². The fourth-order valence-corrected chi connectivity index (χ4v) is 3.20. The second-order valence-corrected chi connectivity index (χ2v) is 5.26. The van der Waals surface area contributed by atoms with Gasteiger partial charge < -0.3 is 0 Å². The largest absolute Gasteiger partial charge is 0.285 e. The Morgan fingerprint density at radius 2 is 1.67 bits per heavy atom. The topological polar surface area (TPSA) is 51.2 Å². The molecule has 1 aromatic carbocycles. The summed E-state index contributed by atoms with van der Waals surface area (Å²) in [6.07, 6.45) is 1.61. The summed E-state index contributed by atoms with van der Waals surface area (Å²) in [7, 11) is 0. The highest BCUT2D eigenvalue weighted by Crippen LogP contribution is 2.44. The molecule has 0 bridgehead atoms. The normalized spacial score (nSPS) is 18.5. The lowest BCUT2D eigenvalue weighted by Crippen LogP contribution is -2.31. The van der Waals surface area contributed by atoms with Crippen LogP contribution in [-0.2, 0) is 14.4 Å². The molecule has 5 heteroatoms. The summed E-state index contributed by atoms with van der Waals surface area (Å²) in [6, 6.07) is 7.41. The molecule has 0 saturated heterocycles. The summed E-state index contributed by atoms with van der Waals surface area (Å²) < 4.78 is 0. The van der Waals surface area contributed by atoms with E-state index in [0.29, 0.717) is 4.91 Å². The molecular formula is C13H5ClO3S. The van der Waals surface area contributed by atoms with Crippen molar-refractivity contribution in [2.75, 3.05) is 0 Å². The second-order valence-electron chi connectivity index (χ2n) is 3.83. The first-order valence-electron chi connectivity index (χ1n) is 5.11. The van der Waals surface area contributed by atoms with Gasteiger partial charge in [0.2, 0.25) is 11.6 Å². The average molecular weight is 277 g/mol. The van der Waals surface area contributed by atoms with Crippen molar-refractivity contribution in [2.24, 2.45) is 0 Å². The van der Waals surface area contributed by atoms with Crippen molar-refractivity contribution in [3.8, 4) is 0 Å². The zero-order valence-electron chi connectivity index (χ0n) is 8.90. The number of thioether (sulfide) groups is 1. The molecule has 0 unspecified atom stereocenters. The summed E-state index contributed by atoms with van der Waals surface area (Å²) in [5.41, 5.74) is 1.06. The molecule has 1 heterocycles. The Morgan fingerprint density at radius 1 is 0.944 bits per heavy atom. The van der Waals surface area contributed by atoms with E-state index in [9.17, 15) is 14.4 Å². The third kappa shape index (κ3) is 1.50. The quantitative estimate of drug-likeness (QED) is 0.683. The van der Waals surface area contributed by atoms with E-state index in [1.54, 1.807) is 6.08 Å². The number of allylic oxidation sites excluding steroid dienone is 2. The van der Waals surface area contributed by atoms with Gasteiger partial charge in [-0.2, -0.15) is 0 Å². The zero-order valence-corrected chi connectivity index (χ0v) is 10.5. The Morgan fingerprint density at radius 3 is 2.44 bits per heavy atom. The van der Waals surface area contributed by atoms with Crippen LogP contribution in [0.15, 0.2) is 44.7 Å². The molecule has 0 atom stereocenters. The number of ketones is 3. The molecule has 18 heavy (non-hydrogen) atoms. The summed E-state index contributed by atoms with van der Waals surface area (Å²) >= 11 is 7.11. The molecule has 0 spiro atoms. The number of halogens is 1. The van der Waals surface area contributed by atoms with E-state index in [1.807, 2.05) is 24.3 Å². The monoisotopic (exact) mass is 276 g/mol. The highest BCUT2D eigenvalue weighted by molar-refractivity contribution is 8.03. The molecule has 1 aliphatic carbocycles. The number of rotatable bonds is 0. The first-order valence-corrected chi connectivity index (χ1v) is 6.31. The number of Topliss-reactive ketones (excluding diaryl/α,β-unsaturated/α-hetero) is 3. The van der Waals surface area contributed by atoms with E-state index in [-0.39, 0.29) is 10.6 Å². The first kappa shape index (κ1) is 11.4. The summed E-state index contributed by atoms with van der Waals surface area (Å²) in [6.45, 7) is 0. The predicted octanol–water partition coefficient (Wildman–Crippen LogP) is 2.35. The molecule has 0 saturated carbocycles. The number of fused-ring (bicyclic) bond motifs is 2. The lowest BCUT2D eigenvalue weighted by molar-refractivity contribution is -0.141.